The SMILES string of the molecule is C=C1Nc2cc(S)ccc2C(=C)N1c1cccc(C)c1. The van der Waals surface area contributed by atoms with Crippen LogP contribution in [-0.2, 0) is 0 Å². The lowest BCUT2D eigenvalue weighted by Gasteiger charge is -2.35. The molecular formula is C17H16N2S. The lowest BCUT2D eigenvalue weighted by atomic mass is 10.1. The summed E-state index contributed by atoms with van der Waals surface area (Å²) in [6, 6.07) is 14.3. The molecule has 3 heteroatoms. The van der Waals surface area contributed by atoms with Gasteiger partial charge in [0.25, 0.3) is 0 Å². The van der Waals surface area contributed by atoms with Crippen LogP contribution in [0.4, 0.5) is 11.4 Å². The number of nitrogens with zero attached hydrogens (tertiary/aromatic N) is 1. The molecule has 0 saturated heterocycles. The molecule has 100 valence electrons. The summed E-state index contributed by atoms with van der Waals surface area (Å²) in [6.07, 6.45) is 0. The Kier molecular flexibility index (Phi) is 3.07. The van der Waals surface area contributed by atoms with E-state index in [1.54, 1.807) is 0 Å². The molecule has 0 fully saturated rings. The van der Waals surface area contributed by atoms with Crippen LogP contribution < -0.4 is 10.2 Å². The van der Waals surface area contributed by atoms with Gasteiger partial charge in [-0.2, -0.15) is 0 Å². The summed E-state index contributed by atoms with van der Waals surface area (Å²) < 4.78 is 0. The van der Waals surface area contributed by atoms with E-state index in [0.717, 1.165) is 33.4 Å². The first-order valence-electron chi connectivity index (χ1n) is 6.41. The highest BCUT2D eigenvalue weighted by atomic mass is 32.1. The molecule has 0 amide bonds. The second kappa shape index (κ2) is 4.76. The number of anilines is 2. The van der Waals surface area contributed by atoms with Gasteiger partial charge in [0.2, 0.25) is 0 Å². The van der Waals surface area contributed by atoms with Gasteiger partial charge in [0, 0.05) is 21.8 Å². The molecule has 1 N–H and O–H groups in total. The molecule has 20 heavy (non-hydrogen) atoms. The van der Waals surface area contributed by atoms with Crippen LogP contribution in [0.25, 0.3) is 5.70 Å². The molecule has 0 bridgehead atoms. The van der Waals surface area contributed by atoms with Gasteiger partial charge in [-0.25, -0.2) is 0 Å². The highest BCUT2D eigenvalue weighted by molar-refractivity contribution is 7.80. The Balaban J connectivity index is 2.09. The Morgan fingerprint density at radius 2 is 1.90 bits per heavy atom. The van der Waals surface area contributed by atoms with E-state index in [9.17, 15) is 0 Å². The number of hydrogen-bond acceptors (Lipinski definition) is 3. The number of aryl methyl sites for hydroxylation is 1. The van der Waals surface area contributed by atoms with Crippen molar-refractivity contribution in [2.24, 2.45) is 0 Å². The summed E-state index contributed by atoms with van der Waals surface area (Å²) in [7, 11) is 0. The van der Waals surface area contributed by atoms with Crippen molar-refractivity contribution in [1.82, 2.24) is 0 Å². The summed E-state index contributed by atoms with van der Waals surface area (Å²) in [6.45, 7) is 10.4. The van der Waals surface area contributed by atoms with Crippen LogP contribution in [0.2, 0.25) is 0 Å². The van der Waals surface area contributed by atoms with Crippen LogP contribution in [0.3, 0.4) is 0 Å². The zero-order chi connectivity index (χ0) is 14.3. The predicted molar refractivity (Wildman–Crippen MR) is 89.1 cm³/mol. The van der Waals surface area contributed by atoms with Crippen LogP contribution in [0.15, 0.2) is 66.3 Å². The zero-order valence-corrected chi connectivity index (χ0v) is 12.2. The largest absolute Gasteiger partial charge is 0.341 e. The first kappa shape index (κ1) is 12.9. The Labute approximate surface area is 124 Å². The maximum atomic E-state index is 4.37. The molecular weight excluding hydrogens is 264 g/mol. The maximum absolute atomic E-state index is 4.37. The van der Waals surface area contributed by atoms with Crippen LogP contribution in [0, 0.1) is 6.92 Å². The molecule has 0 atom stereocenters. The smallest absolute Gasteiger partial charge is 0.107 e. The maximum Gasteiger partial charge on any atom is 0.107 e. The highest BCUT2D eigenvalue weighted by Gasteiger charge is 2.23. The molecule has 2 aromatic carbocycles. The Bertz CT molecular complexity index is 719. The molecule has 0 spiro atoms. The monoisotopic (exact) mass is 280 g/mol. The van der Waals surface area contributed by atoms with Crippen molar-refractivity contribution < 1.29 is 0 Å². The summed E-state index contributed by atoms with van der Waals surface area (Å²) in [5.41, 5.74) is 5.25. The van der Waals surface area contributed by atoms with Crippen LogP contribution >= 0.6 is 12.6 Å². The fraction of sp³-hybridized carbons (Fsp3) is 0.0588. The number of fused-ring (bicyclic) bond motifs is 1. The lowest BCUT2D eigenvalue weighted by Crippen LogP contribution is -2.29. The molecule has 1 heterocycles. The second-order valence-electron chi connectivity index (χ2n) is 4.92. The van der Waals surface area contributed by atoms with Crippen molar-refractivity contribution in [3.63, 3.8) is 0 Å². The molecule has 0 radical (unpaired) electrons. The molecule has 0 aromatic heterocycles. The van der Waals surface area contributed by atoms with Crippen LogP contribution in [0.1, 0.15) is 11.1 Å². The van der Waals surface area contributed by atoms with Gasteiger partial charge in [-0.05, 0) is 42.8 Å². The number of thiol groups is 1. The van der Waals surface area contributed by atoms with Crippen LogP contribution in [0.5, 0.6) is 0 Å². The molecule has 1 aliphatic heterocycles. The van der Waals surface area contributed by atoms with E-state index in [2.05, 4.69) is 56.2 Å². The van der Waals surface area contributed by atoms with E-state index in [1.807, 2.05) is 29.2 Å². The molecule has 0 aliphatic carbocycles. The summed E-state index contributed by atoms with van der Waals surface area (Å²) >= 11 is 4.37. The average Bonchev–Trinajstić information content (AvgIpc) is 2.38. The van der Waals surface area contributed by atoms with Crippen molar-refractivity contribution in [2.75, 3.05) is 10.2 Å². The zero-order valence-electron chi connectivity index (χ0n) is 11.4. The van der Waals surface area contributed by atoms with E-state index in [1.165, 1.54) is 5.56 Å². The summed E-state index contributed by atoms with van der Waals surface area (Å²) in [5.74, 6) is 0.798. The number of hydrogen-bond donors (Lipinski definition) is 2. The minimum Gasteiger partial charge on any atom is -0.341 e. The molecule has 3 rings (SSSR count). The first-order valence-corrected chi connectivity index (χ1v) is 6.86. The van der Waals surface area contributed by atoms with Crippen molar-refractivity contribution in [2.45, 2.75) is 11.8 Å². The van der Waals surface area contributed by atoms with E-state index in [-0.39, 0.29) is 0 Å². The fourth-order valence-corrected chi connectivity index (χ4v) is 2.66. The minimum absolute atomic E-state index is 0.798. The highest BCUT2D eigenvalue weighted by Crippen LogP contribution is 2.38. The predicted octanol–water partition coefficient (Wildman–Crippen LogP) is 4.66. The van der Waals surface area contributed by atoms with Crippen molar-refractivity contribution in [1.29, 1.82) is 0 Å². The molecule has 0 saturated carbocycles. The lowest BCUT2D eigenvalue weighted by molar-refractivity contribution is 1.14. The standard InChI is InChI=1S/C17H16N2S/c1-11-5-4-6-14(9-11)19-12(2)16-8-7-15(20)10-17(16)18-13(19)3/h4-10,18,20H,2-3H2,1H3. The van der Waals surface area contributed by atoms with Crippen molar-refractivity contribution in [3.05, 3.63) is 72.6 Å². The Hall–Kier alpha value is -2.13. The topological polar surface area (TPSA) is 15.3 Å². The Morgan fingerprint density at radius 1 is 1.10 bits per heavy atom. The summed E-state index contributed by atoms with van der Waals surface area (Å²) in [5, 5.41) is 3.32. The van der Waals surface area contributed by atoms with Gasteiger partial charge >= 0.3 is 0 Å². The van der Waals surface area contributed by atoms with E-state index in [4.69, 9.17) is 0 Å². The van der Waals surface area contributed by atoms with E-state index < -0.39 is 0 Å². The van der Waals surface area contributed by atoms with Gasteiger partial charge in [-0.15, -0.1) is 12.6 Å². The van der Waals surface area contributed by atoms with Gasteiger partial charge in [0.1, 0.15) is 5.82 Å². The van der Waals surface area contributed by atoms with Crippen LogP contribution in [-0.4, -0.2) is 0 Å². The fourth-order valence-electron chi connectivity index (χ4n) is 2.46. The third kappa shape index (κ3) is 2.10. The van der Waals surface area contributed by atoms with Gasteiger partial charge in [0.15, 0.2) is 0 Å². The number of benzene rings is 2. The van der Waals surface area contributed by atoms with E-state index in [0.29, 0.717) is 0 Å². The minimum atomic E-state index is 0.798. The van der Waals surface area contributed by atoms with Crippen molar-refractivity contribution in [3.8, 4) is 0 Å². The van der Waals surface area contributed by atoms with Gasteiger partial charge < -0.3 is 5.32 Å². The molecule has 2 nitrogen and oxygen atoms in total. The van der Waals surface area contributed by atoms with Gasteiger partial charge in [-0.1, -0.05) is 25.3 Å². The third-order valence-electron chi connectivity index (χ3n) is 3.39. The second-order valence-corrected chi connectivity index (χ2v) is 5.44. The van der Waals surface area contributed by atoms with Gasteiger partial charge in [-0.3, -0.25) is 4.90 Å². The molecule has 2 aromatic rings. The van der Waals surface area contributed by atoms with Gasteiger partial charge in [0.05, 0.1) is 5.69 Å². The molecule has 0 unspecified atom stereocenters. The summed E-state index contributed by atoms with van der Waals surface area (Å²) in [4.78, 5) is 2.95. The Morgan fingerprint density at radius 3 is 2.65 bits per heavy atom. The van der Waals surface area contributed by atoms with E-state index >= 15 is 0 Å². The first-order chi connectivity index (χ1) is 9.56. The average molecular weight is 280 g/mol. The normalized spacial score (nSPS) is 14.0. The number of nitrogens with one attached hydrogen (secondary N) is 1. The third-order valence-corrected chi connectivity index (χ3v) is 3.67. The molecule has 1 aliphatic rings. The number of rotatable bonds is 1. The van der Waals surface area contributed by atoms with Crippen molar-refractivity contribution >= 4 is 29.7 Å². The quantitative estimate of drug-likeness (QED) is 0.739.